The lowest BCUT2D eigenvalue weighted by atomic mass is 10.0. The van der Waals surface area contributed by atoms with Gasteiger partial charge in [0.2, 0.25) is 11.8 Å². The monoisotopic (exact) mass is 467 g/mol. The molecular formula is C24H22ClN3O3S. The molecule has 0 aliphatic heterocycles. The number of hydrogen-bond acceptors (Lipinski definition) is 5. The molecule has 3 aromatic carbocycles. The van der Waals surface area contributed by atoms with Crippen molar-refractivity contribution in [1.82, 2.24) is 0 Å². The number of hydrogen-bond donors (Lipinski definition) is 4. The molecule has 32 heavy (non-hydrogen) atoms. The third-order valence-electron chi connectivity index (χ3n) is 4.65. The molecule has 0 aromatic heterocycles. The molecule has 0 aliphatic carbocycles. The Balaban J connectivity index is 1.88. The minimum Gasteiger partial charge on any atom is -0.325 e. The van der Waals surface area contributed by atoms with Gasteiger partial charge in [0.05, 0.1) is 18.2 Å². The molecule has 2 amide bonds. The van der Waals surface area contributed by atoms with Gasteiger partial charge in [-0.05, 0) is 35.9 Å². The zero-order chi connectivity index (χ0) is 23.1. The fourth-order valence-corrected chi connectivity index (χ4v) is 3.26. The van der Waals surface area contributed by atoms with Gasteiger partial charge in [0.1, 0.15) is 0 Å². The summed E-state index contributed by atoms with van der Waals surface area (Å²) >= 11 is 9.92. The van der Waals surface area contributed by atoms with E-state index in [9.17, 15) is 14.4 Å². The van der Waals surface area contributed by atoms with Crippen LogP contribution in [0.3, 0.4) is 0 Å². The Morgan fingerprint density at radius 1 is 0.938 bits per heavy atom. The Bertz CT molecular complexity index is 1120. The molecular weight excluding hydrogens is 446 g/mol. The average molecular weight is 468 g/mol. The van der Waals surface area contributed by atoms with Gasteiger partial charge >= 0.3 is 0 Å². The summed E-state index contributed by atoms with van der Waals surface area (Å²) in [5.74, 6) is -0.816. The number of thiol groups is 1. The average Bonchev–Trinajstić information content (AvgIpc) is 2.81. The predicted molar refractivity (Wildman–Crippen MR) is 131 cm³/mol. The van der Waals surface area contributed by atoms with E-state index in [1.54, 1.807) is 66.7 Å². The minimum absolute atomic E-state index is 0.116. The SMILES string of the molecule is N[C@@H](CS)C(=O)Nc1ccc(NC(=O)Cc2ccc(Cl)cc2)c(C(=O)c2ccccc2)c1. The van der Waals surface area contributed by atoms with Crippen molar-refractivity contribution in [2.24, 2.45) is 5.73 Å². The van der Waals surface area contributed by atoms with Crippen molar-refractivity contribution in [2.45, 2.75) is 12.5 Å². The lowest BCUT2D eigenvalue weighted by Gasteiger charge is -2.15. The van der Waals surface area contributed by atoms with E-state index in [0.29, 0.717) is 22.0 Å². The van der Waals surface area contributed by atoms with Crippen LogP contribution in [0.5, 0.6) is 0 Å². The lowest BCUT2D eigenvalue weighted by molar-refractivity contribution is -0.117. The third kappa shape index (κ3) is 6.20. The van der Waals surface area contributed by atoms with Crippen molar-refractivity contribution >= 4 is 53.2 Å². The largest absolute Gasteiger partial charge is 0.325 e. The summed E-state index contributed by atoms with van der Waals surface area (Å²) in [6.07, 6.45) is 0.116. The molecule has 0 fully saturated rings. The first kappa shape index (κ1) is 23.5. The van der Waals surface area contributed by atoms with Crippen molar-refractivity contribution in [1.29, 1.82) is 0 Å². The quantitative estimate of drug-likeness (QED) is 0.297. The van der Waals surface area contributed by atoms with Crippen LogP contribution in [0.15, 0.2) is 72.8 Å². The molecule has 164 valence electrons. The highest BCUT2D eigenvalue weighted by atomic mass is 35.5. The number of anilines is 2. The molecule has 6 nitrogen and oxygen atoms in total. The van der Waals surface area contributed by atoms with Crippen LogP contribution in [0.4, 0.5) is 11.4 Å². The molecule has 0 bridgehead atoms. The van der Waals surface area contributed by atoms with Gasteiger partial charge < -0.3 is 16.4 Å². The van der Waals surface area contributed by atoms with Gasteiger partial charge in [0.15, 0.2) is 5.78 Å². The summed E-state index contributed by atoms with van der Waals surface area (Å²) in [6, 6.07) is 19.6. The Kier molecular flexibility index (Phi) is 8.05. The van der Waals surface area contributed by atoms with E-state index >= 15 is 0 Å². The van der Waals surface area contributed by atoms with Crippen molar-refractivity contribution < 1.29 is 14.4 Å². The number of nitrogens with two attached hydrogens (primary N) is 1. The summed E-state index contributed by atoms with van der Waals surface area (Å²) in [5.41, 5.74) is 7.93. The summed E-state index contributed by atoms with van der Waals surface area (Å²) in [6.45, 7) is 0. The van der Waals surface area contributed by atoms with Crippen LogP contribution >= 0.6 is 24.2 Å². The van der Waals surface area contributed by atoms with Crippen LogP contribution in [0, 0.1) is 0 Å². The van der Waals surface area contributed by atoms with Gasteiger partial charge in [0, 0.05) is 27.6 Å². The molecule has 0 unspecified atom stereocenters. The fraction of sp³-hybridized carbons (Fsp3) is 0.125. The number of nitrogens with one attached hydrogen (secondary N) is 2. The van der Waals surface area contributed by atoms with Crippen LogP contribution in [-0.4, -0.2) is 29.4 Å². The predicted octanol–water partition coefficient (Wildman–Crippen LogP) is 3.95. The number of ketones is 1. The molecule has 3 rings (SSSR count). The maximum Gasteiger partial charge on any atom is 0.242 e. The van der Waals surface area contributed by atoms with Gasteiger partial charge in [-0.1, -0.05) is 54.1 Å². The van der Waals surface area contributed by atoms with Gasteiger partial charge in [0.25, 0.3) is 0 Å². The van der Waals surface area contributed by atoms with Crippen LogP contribution in [0.25, 0.3) is 0 Å². The Labute approximate surface area is 196 Å². The molecule has 1 atom stereocenters. The number of halogens is 1. The van der Waals surface area contributed by atoms with Crippen LogP contribution in [0.2, 0.25) is 5.02 Å². The minimum atomic E-state index is -0.787. The van der Waals surface area contributed by atoms with E-state index in [4.69, 9.17) is 17.3 Å². The van der Waals surface area contributed by atoms with Crippen molar-refractivity contribution in [3.8, 4) is 0 Å². The summed E-state index contributed by atoms with van der Waals surface area (Å²) in [5, 5.41) is 6.05. The van der Waals surface area contributed by atoms with Crippen LogP contribution < -0.4 is 16.4 Å². The highest BCUT2D eigenvalue weighted by Crippen LogP contribution is 2.24. The van der Waals surface area contributed by atoms with E-state index in [0.717, 1.165) is 5.56 Å². The zero-order valence-corrected chi connectivity index (χ0v) is 18.7. The molecule has 3 aromatic rings. The summed E-state index contributed by atoms with van der Waals surface area (Å²) in [4.78, 5) is 37.9. The second kappa shape index (κ2) is 10.9. The molecule has 8 heteroatoms. The van der Waals surface area contributed by atoms with Gasteiger partial charge in [-0.25, -0.2) is 0 Å². The molecule has 0 saturated heterocycles. The first-order valence-electron chi connectivity index (χ1n) is 9.83. The van der Waals surface area contributed by atoms with E-state index in [2.05, 4.69) is 23.3 Å². The molecule has 0 radical (unpaired) electrons. The second-order valence-corrected chi connectivity index (χ2v) is 7.89. The maximum atomic E-state index is 13.2. The van der Waals surface area contributed by atoms with Crippen molar-refractivity contribution in [3.63, 3.8) is 0 Å². The van der Waals surface area contributed by atoms with Crippen molar-refractivity contribution in [2.75, 3.05) is 16.4 Å². The Hall–Kier alpha value is -3.13. The second-order valence-electron chi connectivity index (χ2n) is 7.09. The van der Waals surface area contributed by atoms with E-state index < -0.39 is 11.9 Å². The maximum absolute atomic E-state index is 13.2. The lowest BCUT2D eigenvalue weighted by Crippen LogP contribution is -2.37. The zero-order valence-electron chi connectivity index (χ0n) is 17.0. The summed E-state index contributed by atoms with van der Waals surface area (Å²) in [7, 11) is 0. The number of carbonyl (C=O) groups excluding carboxylic acids is 3. The van der Waals surface area contributed by atoms with Gasteiger partial charge in [-0.2, -0.15) is 12.6 Å². The van der Waals surface area contributed by atoms with E-state index in [-0.39, 0.29) is 29.4 Å². The van der Waals surface area contributed by atoms with E-state index in [1.807, 2.05) is 0 Å². The Morgan fingerprint density at radius 3 is 2.28 bits per heavy atom. The third-order valence-corrected chi connectivity index (χ3v) is 5.30. The topological polar surface area (TPSA) is 101 Å². The van der Waals surface area contributed by atoms with E-state index in [1.165, 1.54) is 6.07 Å². The van der Waals surface area contributed by atoms with Crippen LogP contribution in [-0.2, 0) is 16.0 Å². The number of rotatable bonds is 8. The molecule has 0 spiro atoms. The smallest absolute Gasteiger partial charge is 0.242 e. The van der Waals surface area contributed by atoms with Crippen molar-refractivity contribution in [3.05, 3.63) is 94.5 Å². The number of carbonyl (C=O) groups is 3. The fourth-order valence-electron chi connectivity index (χ4n) is 2.96. The molecule has 4 N–H and O–H groups in total. The number of benzene rings is 3. The Morgan fingerprint density at radius 2 is 1.62 bits per heavy atom. The number of amides is 2. The first-order valence-corrected chi connectivity index (χ1v) is 10.8. The summed E-state index contributed by atoms with van der Waals surface area (Å²) < 4.78 is 0. The molecule has 0 aliphatic rings. The highest BCUT2D eigenvalue weighted by Gasteiger charge is 2.18. The molecule has 0 saturated carbocycles. The normalized spacial score (nSPS) is 11.5. The standard InChI is InChI=1S/C24H22ClN3O3S/c25-17-8-6-15(7-9-17)12-22(29)28-21-11-10-18(27-24(31)20(26)14-32)13-19(21)23(30)16-4-2-1-3-5-16/h1-11,13,20,32H,12,14,26H2,(H,27,31)(H,28,29)/t20-/m0/s1. The van der Waals surface area contributed by atoms with Gasteiger partial charge in [-0.15, -0.1) is 0 Å². The van der Waals surface area contributed by atoms with Crippen LogP contribution in [0.1, 0.15) is 21.5 Å². The first-order chi connectivity index (χ1) is 15.4. The molecule has 0 heterocycles. The highest BCUT2D eigenvalue weighted by molar-refractivity contribution is 7.80. The van der Waals surface area contributed by atoms with Gasteiger partial charge in [-0.3, -0.25) is 14.4 Å².